The number of carbonyl (C=O) groups excluding carboxylic acids is 2. The molecular weight excluding hydrogens is 240 g/mol. The van der Waals surface area contributed by atoms with Crippen LogP contribution in [0, 0.1) is 10.8 Å². The normalized spacial score (nSPS) is 32.9. The zero-order valence-corrected chi connectivity index (χ0v) is 11.8. The van der Waals surface area contributed by atoms with Gasteiger partial charge in [0.15, 0.2) is 0 Å². The summed E-state index contributed by atoms with van der Waals surface area (Å²) in [5.74, 6) is 0. The summed E-state index contributed by atoms with van der Waals surface area (Å²) in [6.07, 6.45) is 12.6. The first kappa shape index (κ1) is 15.6. The Kier molecular flexibility index (Phi) is 5.88. The molecule has 1 aliphatic rings. The quantitative estimate of drug-likeness (QED) is 0.444. The highest BCUT2D eigenvalue weighted by atomic mass is 16.1. The molecule has 4 nitrogen and oxygen atoms in total. The fourth-order valence-corrected chi connectivity index (χ4v) is 2.65. The van der Waals surface area contributed by atoms with Gasteiger partial charge in [0.05, 0.1) is 13.1 Å². The summed E-state index contributed by atoms with van der Waals surface area (Å²) in [7, 11) is 0. The summed E-state index contributed by atoms with van der Waals surface area (Å²) in [5, 5.41) is 0. The Hall–Kier alpha value is -1.50. The molecule has 1 aliphatic carbocycles. The van der Waals surface area contributed by atoms with Crippen molar-refractivity contribution in [3.05, 3.63) is 12.2 Å². The number of rotatable bonds is 4. The highest BCUT2D eigenvalue weighted by Crippen LogP contribution is 2.36. The molecule has 0 aromatic carbocycles. The van der Waals surface area contributed by atoms with Gasteiger partial charge in [-0.15, -0.1) is 0 Å². The highest BCUT2D eigenvalue weighted by Gasteiger charge is 2.27. The van der Waals surface area contributed by atoms with E-state index in [1.807, 2.05) is 0 Å². The molecule has 2 unspecified atom stereocenters. The van der Waals surface area contributed by atoms with E-state index in [9.17, 15) is 9.59 Å². The van der Waals surface area contributed by atoms with Crippen LogP contribution in [0.4, 0.5) is 0 Å². The van der Waals surface area contributed by atoms with E-state index in [2.05, 4.69) is 36.0 Å². The average molecular weight is 262 g/mol. The molecule has 1 rings (SSSR count). The molecule has 0 fully saturated rings. The molecule has 0 aliphatic heterocycles. The Balaban J connectivity index is 2.72. The second kappa shape index (κ2) is 7.18. The zero-order valence-electron chi connectivity index (χ0n) is 11.8. The van der Waals surface area contributed by atoms with Gasteiger partial charge in [-0.2, -0.15) is 0 Å². The van der Waals surface area contributed by atoms with Gasteiger partial charge in [0, 0.05) is 5.41 Å². The largest absolute Gasteiger partial charge is 0.234 e. The van der Waals surface area contributed by atoms with E-state index in [4.69, 9.17) is 0 Å². The van der Waals surface area contributed by atoms with Crippen LogP contribution in [-0.2, 0) is 9.59 Å². The fraction of sp³-hybridized carbons (Fsp3) is 0.733. The second-order valence-electron chi connectivity index (χ2n) is 6.07. The van der Waals surface area contributed by atoms with Crippen molar-refractivity contribution in [1.29, 1.82) is 0 Å². The minimum Gasteiger partial charge on any atom is -0.211 e. The molecule has 2 atom stereocenters. The molecule has 0 heterocycles. The number of isocyanates is 2. The maximum Gasteiger partial charge on any atom is 0.234 e. The van der Waals surface area contributed by atoms with Crippen LogP contribution >= 0.6 is 0 Å². The van der Waals surface area contributed by atoms with E-state index in [-0.39, 0.29) is 10.8 Å². The van der Waals surface area contributed by atoms with Crippen LogP contribution in [0.3, 0.4) is 0 Å². The minimum atomic E-state index is -0.0589. The summed E-state index contributed by atoms with van der Waals surface area (Å²) < 4.78 is 0. The van der Waals surface area contributed by atoms with Crippen LogP contribution in [0.5, 0.6) is 0 Å². The summed E-state index contributed by atoms with van der Waals surface area (Å²) >= 11 is 0. The molecule has 104 valence electrons. The van der Waals surface area contributed by atoms with Crippen molar-refractivity contribution < 1.29 is 9.59 Å². The first-order valence-corrected chi connectivity index (χ1v) is 6.79. The SMILES string of the molecule is CC1(CN=C=O)/C=C/CCC(C)(CN=C=O)CCC1. The Bertz CT molecular complexity index is 420. The van der Waals surface area contributed by atoms with Gasteiger partial charge < -0.3 is 0 Å². The van der Waals surface area contributed by atoms with Crippen LogP contribution in [0.25, 0.3) is 0 Å². The summed E-state index contributed by atoms with van der Waals surface area (Å²) in [6, 6.07) is 0. The third-order valence-electron chi connectivity index (χ3n) is 3.99. The van der Waals surface area contributed by atoms with Crippen LogP contribution in [0.15, 0.2) is 22.1 Å². The van der Waals surface area contributed by atoms with Gasteiger partial charge in [0.2, 0.25) is 12.2 Å². The van der Waals surface area contributed by atoms with E-state index < -0.39 is 0 Å². The van der Waals surface area contributed by atoms with Crippen molar-refractivity contribution in [2.75, 3.05) is 13.1 Å². The molecule has 0 bridgehead atoms. The van der Waals surface area contributed by atoms with Gasteiger partial charge in [0.1, 0.15) is 0 Å². The van der Waals surface area contributed by atoms with Crippen LogP contribution in [-0.4, -0.2) is 25.2 Å². The third kappa shape index (κ3) is 5.34. The van der Waals surface area contributed by atoms with Crippen LogP contribution in [0.2, 0.25) is 0 Å². The summed E-state index contributed by atoms with van der Waals surface area (Å²) in [5.41, 5.74) is 0.0114. The lowest BCUT2D eigenvalue weighted by Crippen LogP contribution is -2.21. The molecule has 0 spiro atoms. The molecule has 0 radical (unpaired) electrons. The van der Waals surface area contributed by atoms with Gasteiger partial charge in [-0.25, -0.2) is 19.6 Å². The zero-order chi connectivity index (χ0) is 14.2. The molecule has 0 aromatic heterocycles. The van der Waals surface area contributed by atoms with Gasteiger partial charge in [-0.05, 0) is 31.1 Å². The lowest BCUT2D eigenvalue weighted by atomic mass is 9.79. The third-order valence-corrected chi connectivity index (χ3v) is 3.99. The Morgan fingerprint density at radius 2 is 1.74 bits per heavy atom. The monoisotopic (exact) mass is 262 g/mol. The lowest BCUT2D eigenvalue weighted by molar-refractivity contribution is 0.262. The average Bonchev–Trinajstić information content (AvgIpc) is 2.46. The summed E-state index contributed by atoms with van der Waals surface area (Å²) in [6.45, 7) is 5.34. The smallest absolute Gasteiger partial charge is 0.211 e. The number of hydrogen-bond donors (Lipinski definition) is 0. The number of allylic oxidation sites excluding steroid dienone is 1. The maximum absolute atomic E-state index is 10.3. The molecular formula is C15H22N2O2. The van der Waals surface area contributed by atoms with E-state index in [0.29, 0.717) is 13.1 Å². The van der Waals surface area contributed by atoms with Crippen molar-refractivity contribution in [2.24, 2.45) is 20.8 Å². The van der Waals surface area contributed by atoms with Crippen molar-refractivity contribution in [3.8, 4) is 0 Å². The Morgan fingerprint density at radius 1 is 1.05 bits per heavy atom. The van der Waals surface area contributed by atoms with Crippen molar-refractivity contribution in [2.45, 2.75) is 46.0 Å². The predicted octanol–water partition coefficient (Wildman–Crippen LogP) is 3.19. The molecule has 0 amide bonds. The fourth-order valence-electron chi connectivity index (χ4n) is 2.65. The maximum atomic E-state index is 10.3. The Labute approximate surface area is 114 Å². The van der Waals surface area contributed by atoms with E-state index in [1.165, 1.54) is 0 Å². The van der Waals surface area contributed by atoms with Crippen molar-refractivity contribution in [1.82, 2.24) is 0 Å². The van der Waals surface area contributed by atoms with Gasteiger partial charge in [-0.1, -0.05) is 32.4 Å². The Morgan fingerprint density at radius 3 is 2.42 bits per heavy atom. The van der Waals surface area contributed by atoms with Gasteiger partial charge >= 0.3 is 0 Å². The van der Waals surface area contributed by atoms with Crippen LogP contribution in [0.1, 0.15) is 46.0 Å². The first-order chi connectivity index (χ1) is 9.04. The number of aliphatic imine (C=N–C) groups is 2. The van der Waals surface area contributed by atoms with Gasteiger partial charge in [-0.3, -0.25) is 0 Å². The van der Waals surface area contributed by atoms with E-state index in [0.717, 1.165) is 32.1 Å². The highest BCUT2D eigenvalue weighted by molar-refractivity contribution is 5.33. The first-order valence-electron chi connectivity index (χ1n) is 6.79. The van der Waals surface area contributed by atoms with E-state index in [1.54, 1.807) is 12.2 Å². The topological polar surface area (TPSA) is 58.9 Å². The lowest BCUT2D eigenvalue weighted by Gasteiger charge is -2.28. The van der Waals surface area contributed by atoms with Crippen molar-refractivity contribution >= 4 is 12.2 Å². The standard InChI is InChI=1S/C15H22N2O2/c1-14(10-16-12-18)6-3-4-7-15(2,9-5-8-14)11-17-13-19/h3,6H,4-5,7-11H2,1-2H3/b6-3+. The number of nitrogens with zero attached hydrogens (tertiary/aromatic N) is 2. The van der Waals surface area contributed by atoms with Crippen LogP contribution < -0.4 is 0 Å². The summed E-state index contributed by atoms with van der Waals surface area (Å²) in [4.78, 5) is 28.0. The van der Waals surface area contributed by atoms with Gasteiger partial charge in [0.25, 0.3) is 0 Å². The van der Waals surface area contributed by atoms with E-state index >= 15 is 0 Å². The molecule has 0 N–H and O–H groups in total. The minimum absolute atomic E-state index is 0.0589. The molecule has 0 aromatic rings. The molecule has 4 heteroatoms. The predicted molar refractivity (Wildman–Crippen MR) is 74.4 cm³/mol. The number of hydrogen-bond acceptors (Lipinski definition) is 4. The molecule has 0 saturated carbocycles. The van der Waals surface area contributed by atoms with Crippen molar-refractivity contribution in [3.63, 3.8) is 0 Å². The second-order valence-corrected chi connectivity index (χ2v) is 6.07. The molecule has 19 heavy (non-hydrogen) atoms. The molecule has 0 saturated heterocycles.